The summed E-state index contributed by atoms with van der Waals surface area (Å²) in [7, 11) is 1.83. The molecule has 1 heterocycles. The molecule has 1 aliphatic heterocycles. The second-order valence-corrected chi connectivity index (χ2v) is 2.66. The number of hydrogen-bond acceptors (Lipinski definition) is 4. The summed E-state index contributed by atoms with van der Waals surface area (Å²) in [6.45, 7) is 1.07. The largest absolute Gasteiger partial charge is 0.448 e. The van der Waals surface area contributed by atoms with Crippen molar-refractivity contribution >= 4 is 12.3 Å². The number of ether oxygens (including phenoxy) is 1. The van der Waals surface area contributed by atoms with Gasteiger partial charge in [0.2, 0.25) is 0 Å². The zero-order valence-electron chi connectivity index (χ0n) is 6.45. The lowest BCUT2D eigenvalue weighted by Gasteiger charge is -2.29. The molecule has 1 aliphatic rings. The Morgan fingerprint density at radius 1 is 1.73 bits per heavy atom. The Hall–Kier alpha value is -0.900. The van der Waals surface area contributed by atoms with E-state index in [-0.39, 0.29) is 12.0 Å². The molecule has 0 aliphatic carbocycles. The highest BCUT2D eigenvalue weighted by Crippen LogP contribution is 2.11. The van der Waals surface area contributed by atoms with E-state index in [1.165, 1.54) is 0 Å². The molecule has 11 heavy (non-hydrogen) atoms. The number of hydrogen-bond donors (Lipinski definition) is 0. The van der Waals surface area contributed by atoms with Crippen molar-refractivity contribution in [3.63, 3.8) is 0 Å². The quantitative estimate of drug-likeness (QED) is 0.520. The predicted octanol–water partition coefficient (Wildman–Crippen LogP) is -0.220. The van der Waals surface area contributed by atoms with Gasteiger partial charge in [0.25, 0.3) is 6.47 Å². The summed E-state index contributed by atoms with van der Waals surface area (Å²) < 4.78 is 4.69. The molecule has 0 aromatic heterocycles. The predicted molar refractivity (Wildman–Crippen MR) is 37.8 cm³/mol. The molecule has 0 bridgehead atoms. The highest BCUT2D eigenvalue weighted by atomic mass is 16.5. The molecule has 0 radical (unpaired) electrons. The number of Topliss-reactive ketones (excluding diaryl/α,β-unsaturated/α-hetero) is 1. The third kappa shape index (κ3) is 2.01. The van der Waals surface area contributed by atoms with Gasteiger partial charge in [-0.15, -0.1) is 0 Å². The van der Waals surface area contributed by atoms with Crippen molar-refractivity contribution in [3.8, 4) is 0 Å². The van der Waals surface area contributed by atoms with E-state index < -0.39 is 0 Å². The molecule has 1 rings (SSSR count). The van der Waals surface area contributed by atoms with Crippen LogP contribution in [0.15, 0.2) is 0 Å². The van der Waals surface area contributed by atoms with Crippen LogP contribution in [-0.4, -0.2) is 37.0 Å². The summed E-state index contributed by atoms with van der Waals surface area (Å²) in [5.74, 6) is 0.162. The second-order valence-electron chi connectivity index (χ2n) is 2.66. The van der Waals surface area contributed by atoms with Crippen LogP contribution in [-0.2, 0) is 14.3 Å². The molecular weight excluding hydrogens is 146 g/mol. The second kappa shape index (κ2) is 3.48. The first-order valence-electron chi connectivity index (χ1n) is 3.55. The Labute approximate surface area is 65.1 Å². The maximum atomic E-state index is 10.9. The molecule has 0 aromatic rings. The van der Waals surface area contributed by atoms with Crippen LogP contribution in [0, 0.1) is 0 Å². The summed E-state index contributed by atoms with van der Waals surface area (Å²) in [6, 6.07) is 0. The van der Waals surface area contributed by atoms with Crippen molar-refractivity contribution in [2.24, 2.45) is 0 Å². The van der Waals surface area contributed by atoms with Gasteiger partial charge in [-0.1, -0.05) is 0 Å². The molecule has 1 saturated heterocycles. The minimum absolute atomic E-state index is 0.162. The van der Waals surface area contributed by atoms with E-state index >= 15 is 0 Å². The first-order valence-corrected chi connectivity index (χ1v) is 3.55. The Kier molecular flexibility index (Phi) is 2.59. The van der Waals surface area contributed by atoms with Crippen molar-refractivity contribution in [2.75, 3.05) is 13.6 Å². The Balaban J connectivity index is 2.46. The maximum absolute atomic E-state index is 10.9. The molecule has 62 valence electrons. The summed E-state index contributed by atoms with van der Waals surface area (Å²) in [5.41, 5.74) is 0. The molecule has 1 unspecified atom stereocenters. The summed E-state index contributed by atoms with van der Waals surface area (Å²) in [4.78, 5) is 22.7. The average Bonchev–Trinajstić information content (AvgIpc) is 1.98. The smallest absolute Gasteiger partial charge is 0.294 e. The Bertz CT molecular complexity index is 169. The van der Waals surface area contributed by atoms with E-state index in [1.54, 1.807) is 0 Å². The van der Waals surface area contributed by atoms with Crippen LogP contribution in [0.1, 0.15) is 12.8 Å². The Morgan fingerprint density at radius 3 is 3.09 bits per heavy atom. The van der Waals surface area contributed by atoms with Crippen LogP contribution >= 0.6 is 0 Å². The zero-order valence-corrected chi connectivity index (χ0v) is 6.45. The van der Waals surface area contributed by atoms with Gasteiger partial charge in [-0.05, 0) is 7.05 Å². The van der Waals surface area contributed by atoms with Gasteiger partial charge in [0.1, 0.15) is 5.78 Å². The van der Waals surface area contributed by atoms with E-state index in [9.17, 15) is 9.59 Å². The van der Waals surface area contributed by atoms with E-state index in [1.807, 2.05) is 11.9 Å². The van der Waals surface area contributed by atoms with Gasteiger partial charge in [0.15, 0.2) is 6.23 Å². The minimum Gasteiger partial charge on any atom is -0.448 e. The average molecular weight is 157 g/mol. The van der Waals surface area contributed by atoms with Gasteiger partial charge < -0.3 is 4.74 Å². The van der Waals surface area contributed by atoms with Crippen molar-refractivity contribution in [1.29, 1.82) is 0 Å². The van der Waals surface area contributed by atoms with Crippen molar-refractivity contribution < 1.29 is 14.3 Å². The summed E-state index contributed by atoms with van der Waals surface area (Å²) >= 11 is 0. The van der Waals surface area contributed by atoms with Crippen LogP contribution in [0.2, 0.25) is 0 Å². The van der Waals surface area contributed by atoms with Crippen molar-refractivity contribution in [2.45, 2.75) is 19.1 Å². The van der Waals surface area contributed by atoms with E-state index in [2.05, 4.69) is 4.74 Å². The molecule has 0 saturated carbocycles. The van der Waals surface area contributed by atoms with Gasteiger partial charge in [-0.3, -0.25) is 14.5 Å². The standard InChI is InChI=1S/C7H11NO3/c1-8-3-2-6(10)4-7(8)11-5-9/h5,7H,2-4H2,1H3. The summed E-state index contributed by atoms with van der Waals surface area (Å²) in [5, 5.41) is 0. The molecule has 1 atom stereocenters. The molecule has 0 spiro atoms. The lowest BCUT2D eigenvalue weighted by Crippen LogP contribution is -2.41. The van der Waals surface area contributed by atoms with Crippen molar-refractivity contribution in [3.05, 3.63) is 0 Å². The fourth-order valence-corrected chi connectivity index (χ4v) is 1.11. The number of carbonyl (C=O) groups excluding carboxylic acids is 2. The number of piperidine rings is 1. The highest BCUT2D eigenvalue weighted by molar-refractivity contribution is 5.79. The number of rotatable bonds is 2. The van der Waals surface area contributed by atoms with Crippen LogP contribution < -0.4 is 0 Å². The SMILES string of the molecule is CN1CCC(=O)CC1OC=O. The third-order valence-electron chi connectivity index (χ3n) is 1.85. The van der Waals surface area contributed by atoms with Gasteiger partial charge in [0.05, 0.1) is 6.42 Å². The Morgan fingerprint density at radius 2 is 2.45 bits per heavy atom. The van der Waals surface area contributed by atoms with E-state index in [0.717, 1.165) is 0 Å². The number of ketones is 1. The first-order chi connectivity index (χ1) is 5.24. The molecule has 0 aromatic carbocycles. The van der Waals surface area contributed by atoms with Crippen molar-refractivity contribution in [1.82, 2.24) is 4.90 Å². The van der Waals surface area contributed by atoms with Gasteiger partial charge in [-0.25, -0.2) is 0 Å². The van der Waals surface area contributed by atoms with E-state index in [4.69, 9.17) is 0 Å². The molecule has 4 nitrogen and oxygen atoms in total. The van der Waals surface area contributed by atoms with Crippen LogP contribution in [0.4, 0.5) is 0 Å². The molecule has 0 amide bonds. The summed E-state index contributed by atoms with van der Waals surface area (Å²) in [6.07, 6.45) is 0.554. The highest BCUT2D eigenvalue weighted by Gasteiger charge is 2.24. The van der Waals surface area contributed by atoms with Gasteiger partial charge in [-0.2, -0.15) is 0 Å². The third-order valence-corrected chi connectivity index (χ3v) is 1.85. The van der Waals surface area contributed by atoms with Gasteiger partial charge >= 0.3 is 0 Å². The number of likely N-dealkylation sites (tertiary alicyclic amines) is 1. The first kappa shape index (κ1) is 8.20. The fourth-order valence-electron chi connectivity index (χ4n) is 1.11. The molecular formula is C7H11NO3. The molecule has 0 N–H and O–H groups in total. The molecule has 4 heteroatoms. The normalized spacial score (nSPS) is 26.6. The zero-order chi connectivity index (χ0) is 8.27. The lowest BCUT2D eigenvalue weighted by molar-refractivity contribution is -0.149. The lowest BCUT2D eigenvalue weighted by atomic mass is 10.1. The monoisotopic (exact) mass is 157 g/mol. The van der Waals surface area contributed by atoms with Crippen LogP contribution in [0.3, 0.4) is 0 Å². The van der Waals surface area contributed by atoms with Gasteiger partial charge in [0, 0.05) is 13.0 Å². The number of carbonyl (C=O) groups is 2. The minimum atomic E-state index is -0.339. The van der Waals surface area contributed by atoms with E-state index in [0.29, 0.717) is 25.9 Å². The van der Waals surface area contributed by atoms with Crippen LogP contribution in [0.5, 0.6) is 0 Å². The number of nitrogens with zero attached hydrogens (tertiary/aromatic N) is 1. The fraction of sp³-hybridized carbons (Fsp3) is 0.714. The molecule has 1 fully saturated rings. The van der Waals surface area contributed by atoms with Crippen LogP contribution in [0.25, 0.3) is 0 Å². The topological polar surface area (TPSA) is 46.6 Å². The maximum Gasteiger partial charge on any atom is 0.294 e.